The van der Waals surface area contributed by atoms with Gasteiger partial charge in [0.15, 0.2) is 11.5 Å². The van der Waals surface area contributed by atoms with Crippen molar-refractivity contribution in [2.45, 2.75) is 0 Å². The first-order valence-corrected chi connectivity index (χ1v) is 5.09. The minimum Gasteiger partial charge on any atom is -0.493 e. The van der Waals surface area contributed by atoms with Crippen molar-refractivity contribution < 1.29 is 18.7 Å². The number of anilines is 1. The van der Waals surface area contributed by atoms with Crippen LogP contribution < -0.4 is 19.9 Å². The van der Waals surface area contributed by atoms with E-state index in [0.29, 0.717) is 22.8 Å². The van der Waals surface area contributed by atoms with Gasteiger partial charge in [-0.25, -0.2) is 0 Å². The Bertz CT molecular complexity index is 553. The van der Waals surface area contributed by atoms with Crippen LogP contribution in [-0.2, 0) is 0 Å². The summed E-state index contributed by atoms with van der Waals surface area (Å²) >= 11 is 0. The minimum atomic E-state index is 0.0573. The molecule has 0 aliphatic rings. The maximum Gasteiger partial charge on any atom is 0.263 e. The molecule has 1 aromatic carbocycles. The zero-order chi connectivity index (χ0) is 13.1. The molecule has 0 aliphatic heterocycles. The fourth-order valence-corrected chi connectivity index (χ4v) is 1.61. The molecule has 0 radical (unpaired) electrons. The number of aromatic nitrogens is 2. The topological polar surface area (TPSA) is 92.6 Å². The minimum absolute atomic E-state index is 0.0573. The summed E-state index contributed by atoms with van der Waals surface area (Å²) in [7, 11) is 4.58. The molecule has 96 valence electrons. The van der Waals surface area contributed by atoms with Crippen LogP contribution in [0.5, 0.6) is 17.2 Å². The summed E-state index contributed by atoms with van der Waals surface area (Å²) in [6.07, 6.45) is 0. The van der Waals surface area contributed by atoms with Crippen LogP contribution in [0.2, 0.25) is 0 Å². The lowest BCUT2D eigenvalue weighted by Crippen LogP contribution is -1.97. The van der Waals surface area contributed by atoms with Crippen LogP contribution in [0.1, 0.15) is 0 Å². The normalized spacial score (nSPS) is 10.2. The van der Waals surface area contributed by atoms with Crippen molar-refractivity contribution in [2.75, 3.05) is 27.1 Å². The molecular formula is C11H13N3O4. The molecule has 1 aromatic heterocycles. The van der Waals surface area contributed by atoms with Gasteiger partial charge in [0.05, 0.1) is 26.9 Å². The van der Waals surface area contributed by atoms with Gasteiger partial charge in [-0.1, -0.05) is 0 Å². The number of ether oxygens (including phenoxy) is 3. The van der Waals surface area contributed by atoms with E-state index >= 15 is 0 Å². The monoisotopic (exact) mass is 251 g/mol. The summed E-state index contributed by atoms with van der Waals surface area (Å²) in [5, 5.41) is 3.53. The molecule has 0 amide bonds. The highest BCUT2D eigenvalue weighted by molar-refractivity contribution is 5.71. The van der Waals surface area contributed by atoms with Crippen molar-refractivity contribution >= 4 is 5.95 Å². The van der Waals surface area contributed by atoms with Gasteiger partial charge in [-0.3, -0.25) is 0 Å². The Balaban J connectivity index is 2.61. The number of nitrogen functional groups attached to an aromatic ring is 1. The van der Waals surface area contributed by atoms with Crippen molar-refractivity contribution in [2.24, 2.45) is 0 Å². The van der Waals surface area contributed by atoms with E-state index in [1.807, 2.05) is 0 Å². The number of nitrogens with two attached hydrogens (primary N) is 1. The average Bonchev–Trinajstić information content (AvgIpc) is 2.83. The number of benzene rings is 1. The number of nitrogens with zero attached hydrogens (tertiary/aromatic N) is 2. The molecule has 0 fully saturated rings. The lowest BCUT2D eigenvalue weighted by Gasteiger charge is -2.13. The maximum absolute atomic E-state index is 5.42. The van der Waals surface area contributed by atoms with Crippen molar-refractivity contribution in [3.63, 3.8) is 0 Å². The predicted octanol–water partition coefficient (Wildman–Crippen LogP) is 1.34. The first kappa shape index (κ1) is 12.0. The SMILES string of the molecule is COc1ccc(-c2nc(N)no2)c(OC)c1OC. The number of hydrogen-bond acceptors (Lipinski definition) is 7. The second-order valence-electron chi connectivity index (χ2n) is 3.34. The summed E-state index contributed by atoms with van der Waals surface area (Å²) in [6, 6.07) is 3.45. The fourth-order valence-electron chi connectivity index (χ4n) is 1.61. The van der Waals surface area contributed by atoms with Crippen LogP contribution in [0.3, 0.4) is 0 Å². The molecule has 1 heterocycles. The van der Waals surface area contributed by atoms with Crippen molar-refractivity contribution in [1.82, 2.24) is 10.1 Å². The molecule has 0 saturated carbocycles. The van der Waals surface area contributed by atoms with Gasteiger partial charge in [-0.15, -0.1) is 0 Å². The van der Waals surface area contributed by atoms with E-state index < -0.39 is 0 Å². The summed E-state index contributed by atoms with van der Waals surface area (Å²) in [4.78, 5) is 3.94. The summed E-state index contributed by atoms with van der Waals surface area (Å²) in [5.41, 5.74) is 6.00. The zero-order valence-electron chi connectivity index (χ0n) is 10.3. The highest BCUT2D eigenvalue weighted by Gasteiger charge is 2.20. The van der Waals surface area contributed by atoms with E-state index in [1.54, 1.807) is 19.2 Å². The molecule has 2 aromatic rings. The van der Waals surface area contributed by atoms with Crippen molar-refractivity contribution in [3.05, 3.63) is 12.1 Å². The second kappa shape index (κ2) is 4.82. The Labute approximate surface area is 103 Å². The molecule has 18 heavy (non-hydrogen) atoms. The molecule has 0 atom stereocenters. The standard InChI is InChI=1S/C11H13N3O4/c1-15-7-5-4-6(8(16-2)9(7)17-3)10-13-11(12)14-18-10/h4-5H,1-3H3,(H2,12,14). The Morgan fingerprint density at radius 2 is 1.78 bits per heavy atom. The molecular weight excluding hydrogens is 238 g/mol. The van der Waals surface area contributed by atoms with E-state index in [2.05, 4.69) is 10.1 Å². The van der Waals surface area contributed by atoms with Gasteiger partial charge in [-0.05, 0) is 17.3 Å². The van der Waals surface area contributed by atoms with Gasteiger partial charge in [0.1, 0.15) is 0 Å². The van der Waals surface area contributed by atoms with Crippen LogP contribution in [0.4, 0.5) is 5.95 Å². The molecule has 2 rings (SSSR count). The number of rotatable bonds is 4. The Hall–Kier alpha value is -2.44. The van der Waals surface area contributed by atoms with Crippen LogP contribution in [0.15, 0.2) is 16.7 Å². The lowest BCUT2D eigenvalue weighted by molar-refractivity contribution is 0.324. The van der Waals surface area contributed by atoms with Crippen molar-refractivity contribution in [1.29, 1.82) is 0 Å². The third-order valence-electron chi connectivity index (χ3n) is 2.38. The molecule has 0 saturated heterocycles. The average molecular weight is 251 g/mol. The van der Waals surface area contributed by atoms with Crippen LogP contribution >= 0.6 is 0 Å². The first-order valence-electron chi connectivity index (χ1n) is 5.09. The van der Waals surface area contributed by atoms with Crippen molar-refractivity contribution in [3.8, 4) is 28.7 Å². The molecule has 0 unspecified atom stereocenters. The van der Waals surface area contributed by atoms with E-state index in [4.69, 9.17) is 24.5 Å². The second-order valence-corrected chi connectivity index (χ2v) is 3.34. The van der Waals surface area contributed by atoms with Gasteiger partial charge in [0.25, 0.3) is 11.8 Å². The van der Waals surface area contributed by atoms with E-state index in [-0.39, 0.29) is 11.8 Å². The maximum atomic E-state index is 5.42. The van der Waals surface area contributed by atoms with Crippen LogP contribution in [-0.4, -0.2) is 31.5 Å². The van der Waals surface area contributed by atoms with Gasteiger partial charge in [0.2, 0.25) is 5.75 Å². The van der Waals surface area contributed by atoms with Crippen LogP contribution in [0, 0.1) is 0 Å². The van der Waals surface area contributed by atoms with Gasteiger partial charge in [-0.2, -0.15) is 4.98 Å². The van der Waals surface area contributed by atoms with E-state index in [0.717, 1.165) is 0 Å². The fraction of sp³-hybridized carbons (Fsp3) is 0.273. The third-order valence-corrected chi connectivity index (χ3v) is 2.38. The highest BCUT2D eigenvalue weighted by atomic mass is 16.5. The molecule has 7 heteroatoms. The summed E-state index contributed by atoms with van der Waals surface area (Å²) < 4.78 is 20.7. The Morgan fingerprint density at radius 1 is 1.06 bits per heavy atom. The van der Waals surface area contributed by atoms with Gasteiger partial charge in [0, 0.05) is 0 Å². The lowest BCUT2D eigenvalue weighted by atomic mass is 10.1. The number of hydrogen-bond donors (Lipinski definition) is 1. The molecule has 2 N–H and O–H groups in total. The van der Waals surface area contributed by atoms with Gasteiger partial charge < -0.3 is 24.5 Å². The summed E-state index contributed by atoms with van der Waals surface area (Å²) in [5.74, 6) is 1.76. The smallest absolute Gasteiger partial charge is 0.263 e. The molecule has 7 nitrogen and oxygen atoms in total. The van der Waals surface area contributed by atoms with Gasteiger partial charge >= 0.3 is 0 Å². The number of methoxy groups -OCH3 is 3. The third kappa shape index (κ3) is 1.90. The van der Waals surface area contributed by atoms with E-state index in [1.165, 1.54) is 14.2 Å². The first-order chi connectivity index (χ1) is 8.71. The zero-order valence-corrected chi connectivity index (χ0v) is 10.3. The highest BCUT2D eigenvalue weighted by Crippen LogP contribution is 2.43. The Morgan fingerprint density at radius 3 is 2.28 bits per heavy atom. The summed E-state index contributed by atoms with van der Waals surface area (Å²) in [6.45, 7) is 0. The van der Waals surface area contributed by atoms with E-state index in [9.17, 15) is 0 Å². The predicted molar refractivity (Wildman–Crippen MR) is 63.8 cm³/mol. The van der Waals surface area contributed by atoms with Crippen LogP contribution in [0.25, 0.3) is 11.5 Å². The Kier molecular flexibility index (Phi) is 3.22. The quantitative estimate of drug-likeness (QED) is 0.876. The molecule has 0 spiro atoms. The molecule has 0 bridgehead atoms. The largest absolute Gasteiger partial charge is 0.493 e. The molecule has 0 aliphatic carbocycles.